The van der Waals surface area contributed by atoms with Gasteiger partial charge in [-0.3, -0.25) is 38.5 Å². The molecule has 6 heterocycles. The summed E-state index contributed by atoms with van der Waals surface area (Å²) in [6, 6.07) is 12.2. The minimum Gasteiger partial charge on any atom is -0.496 e. The standard InChI is InChI=1S/C47H52N14O7.ClH/c1-3-36-43-35(21-48)52-27-60(43)38-23-50-40(54-44(38)61(36)31-7-4-5-8-31)20-28-11-12-29(19-39(28)67-2)45(64)51-22-30-24-58(57-56-30)17-15-49-16-18-68-26-42(63)53-34-10-6-9-32-33(34)25-59(47(32)66)37-13-14-41(62)55-46(37)65;/h6,9-12,19,23-24,27,31,36-37,49H,3-5,7-8,13-18,20,22,25-26H2,1-2H3,(H,51,64)(H,53,63)(H,55,62,65);1H/t36-,37?;/m1./s1. The van der Waals surface area contributed by atoms with Crippen LogP contribution in [0.1, 0.15) is 113 Å². The van der Waals surface area contributed by atoms with Crippen LogP contribution in [0, 0.1) is 11.3 Å². The summed E-state index contributed by atoms with van der Waals surface area (Å²) in [5.41, 5.74) is 5.46. The lowest BCUT2D eigenvalue weighted by molar-refractivity contribution is -0.137. The van der Waals surface area contributed by atoms with Crippen molar-refractivity contribution in [2.24, 2.45) is 0 Å². The summed E-state index contributed by atoms with van der Waals surface area (Å²) >= 11 is 0. The topological polar surface area (TPSA) is 257 Å². The number of carbonyl (C=O) groups is 5. The maximum atomic E-state index is 13.3. The predicted octanol–water partition coefficient (Wildman–Crippen LogP) is 3.30. The molecule has 1 aliphatic carbocycles. The second-order valence-corrected chi connectivity index (χ2v) is 17.2. The molecule has 1 saturated heterocycles. The van der Waals surface area contributed by atoms with Crippen molar-refractivity contribution in [1.82, 2.24) is 55.4 Å². The number of nitriles is 1. The number of piperidine rings is 1. The van der Waals surface area contributed by atoms with Crippen LogP contribution in [0.15, 0.2) is 55.1 Å². The number of rotatable bonds is 18. The minimum absolute atomic E-state index is 0. The fourth-order valence-corrected chi connectivity index (χ4v) is 9.60. The summed E-state index contributed by atoms with van der Waals surface area (Å²) in [4.78, 5) is 81.2. The lowest BCUT2D eigenvalue weighted by Crippen LogP contribution is -2.52. The maximum absolute atomic E-state index is 13.3. The molecule has 0 bridgehead atoms. The highest BCUT2D eigenvalue weighted by Crippen LogP contribution is 2.44. The monoisotopic (exact) mass is 960 g/mol. The Bertz CT molecular complexity index is 2800. The Morgan fingerprint density at radius 3 is 2.68 bits per heavy atom. The van der Waals surface area contributed by atoms with E-state index < -0.39 is 11.9 Å². The Kier molecular flexibility index (Phi) is 14.9. The van der Waals surface area contributed by atoms with Gasteiger partial charge in [-0.1, -0.05) is 37.1 Å². The Morgan fingerprint density at radius 2 is 1.90 bits per heavy atom. The molecule has 2 fully saturated rings. The molecule has 5 amide bonds. The Balaban J connectivity index is 0.00000642. The lowest BCUT2D eigenvalue weighted by Gasteiger charge is -2.42. The molecule has 2 aromatic carbocycles. The van der Waals surface area contributed by atoms with E-state index in [4.69, 9.17) is 19.4 Å². The largest absolute Gasteiger partial charge is 0.496 e. The van der Waals surface area contributed by atoms with E-state index in [2.05, 4.69) is 54.5 Å². The van der Waals surface area contributed by atoms with Crippen LogP contribution >= 0.6 is 12.4 Å². The number of benzene rings is 2. The number of imidazole rings is 1. The van der Waals surface area contributed by atoms with Gasteiger partial charge in [0.2, 0.25) is 17.7 Å². The van der Waals surface area contributed by atoms with Crippen LogP contribution in [-0.2, 0) is 45.2 Å². The second kappa shape index (κ2) is 21.3. The number of anilines is 2. The molecule has 5 aromatic rings. The summed E-state index contributed by atoms with van der Waals surface area (Å²) in [5.74, 6) is 0.143. The van der Waals surface area contributed by atoms with Gasteiger partial charge in [-0.25, -0.2) is 15.0 Å². The van der Waals surface area contributed by atoms with E-state index in [0.717, 1.165) is 54.9 Å². The third-order valence-corrected chi connectivity index (χ3v) is 12.9. The molecule has 360 valence electrons. The molecular weight excluding hydrogens is 908 g/mol. The fourth-order valence-electron chi connectivity index (χ4n) is 9.60. The maximum Gasteiger partial charge on any atom is 0.255 e. The van der Waals surface area contributed by atoms with E-state index in [1.54, 1.807) is 54.6 Å². The number of ether oxygens (including phenoxy) is 2. The van der Waals surface area contributed by atoms with Crippen molar-refractivity contribution in [3.05, 3.63) is 100 Å². The summed E-state index contributed by atoms with van der Waals surface area (Å²) in [7, 11) is 1.57. The molecule has 2 atom stereocenters. The number of aromatic nitrogens is 7. The van der Waals surface area contributed by atoms with Crippen LogP contribution in [0.5, 0.6) is 5.75 Å². The first-order chi connectivity index (χ1) is 33.1. The first kappa shape index (κ1) is 48.2. The number of halogens is 1. The average Bonchev–Trinajstić information content (AvgIpc) is 4.18. The van der Waals surface area contributed by atoms with E-state index in [1.165, 1.54) is 4.90 Å². The highest BCUT2D eigenvalue weighted by Gasteiger charge is 2.41. The summed E-state index contributed by atoms with van der Waals surface area (Å²) in [6.07, 6.45) is 11.3. The first-order valence-electron chi connectivity index (χ1n) is 22.9. The van der Waals surface area contributed by atoms with E-state index in [-0.39, 0.29) is 81.2 Å². The number of carbonyl (C=O) groups excluding carboxylic acids is 5. The van der Waals surface area contributed by atoms with Crippen molar-refractivity contribution >= 4 is 53.4 Å². The summed E-state index contributed by atoms with van der Waals surface area (Å²) in [6.45, 7) is 4.04. The van der Waals surface area contributed by atoms with Gasteiger partial charge in [-0.05, 0) is 49.9 Å². The third-order valence-electron chi connectivity index (χ3n) is 12.9. The van der Waals surface area contributed by atoms with Crippen molar-refractivity contribution in [2.45, 2.75) is 96.1 Å². The van der Waals surface area contributed by atoms with Gasteiger partial charge in [-0.15, -0.1) is 17.5 Å². The fraction of sp³-hybridized carbons (Fsp3) is 0.426. The molecule has 22 heteroatoms. The second-order valence-electron chi connectivity index (χ2n) is 17.2. The zero-order valence-electron chi connectivity index (χ0n) is 38.3. The normalized spacial score (nSPS) is 17.4. The quantitative estimate of drug-likeness (QED) is 0.0726. The number of hydrogen-bond donors (Lipinski definition) is 4. The highest BCUT2D eigenvalue weighted by molar-refractivity contribution is 6.07. The Morgan fingerprint density at radius 1 is 1.06 bits per heavy atom. The molecule has 0 radical (unpaired) electrons. The van der Waals surface area contributed by atoms with Crippen molar-refractivity contribution < 1.29 is 33.4 Å². The third kappa shape index (κ3) is 10.1. The zero-order chi connectivity index (χ0) is 47.3. The molecule has 1 unspecified atom stereocenters. The number of methoxy groups -OCH3 is 1. The van der Waals surface area contributed by atoms with Gasteiger partial charge in [0.1, 0.15) is 48.0 Å². The molecule has 4 N–H and O–H groups in total. The molecule has 3 aliphatic heterocycles. The van der Waals surface area contributed by atoms with Gasteiger partial charge in [0.15, 0.2) is 11.5 Å². The first-order valence-corrected chi connectivity index (χ1v) is 22.9. The number of hydrogen-bond acceptors (Lipinski definition) is 15. The van der Waals surface area contributed by atoms with Crippen LogP contribution in [0.2, 0.25) is 0 Å². The number of imide groups is 1. The molecule has 9 rings (SSSR count). The van der Waals surface area contributed by atoms with Gasteiger partial charge in [0, 0.05) is 66.5 Å². The van der Waals surface area contributed by atoms with Crippen LogP contribution in [0.4, 0.5) is 11.5 Å². The highest BCUT2D eigenvalue weighted by atomic mass is 35.5. The van der Waals surface area contributed by atoms with Gasteiger partial charge >= 0.3 is 0 Å². The van der Waals surface area contributed by atoms with Gasteiger partial charge in [0.25, 0.3) is 11.8 Å². The van der Waals surface area contributed by atoms with E-state index in [1.807, 2.05) is 16.8 Å². The number of fused-ring (bicyclic) bond motifs is 4. The molecule has 4 aliphatic rings. The van der Waals surface area contributed by atoms with Gasteiger partial charge < -0.3 is 35.2 Å². The van der Waals surface area contributed by atoms with Crippen LogP contribution in [0.25, 0.3) is 5.69 Å². The van der Waals surface area contributed by atoms with Gasteiger partial charge in [-0.2, -0.15) is 5.26 Å². The molecule has 0 spiro atoms. The number of amides is 5. The number of nitrogens with zero attached hydrogens (tertiary/aromatic N) is 10. The van der Waals surface area contributed by atoms with Crippen LogP contribution < -0.4 is 30.9 Å². The molecular formula is C47H53ClN14O7. The van der Waals surface area contributed by atoms with E-state index in [0.29, 0.717) is 77.4 Å². The Labute approximate surface area is 403 Å². The number of nitrogens with one attached hydrogen (secondary N) is 4. The molecule has 3 aromatic heterocycles. The lowest BCUT2D eigenvalue weighted by atomic mass is 10.0. The van der Waals surface area contributed by atoms with Crippen molar-refractivity contribution in [1.29, 1.82) is 5.26 Å². The van der Waals surface area contributed by atoms with Crippen LogP contribution in [0.3, 0.4) is 0 Å². The predicted molar refractivity (Wildman–Crippen MR) is 251 cm³/mol. The van der Waals surface area contributed by atoms with E-state index in [9.17, 15) is 29.2 Å². The smallest absolute Gasteiger partial charge is 0.255 e. The zero-order valence-corrected chi connectivity index (χ0v) is 39.1. The molecule has 21 nitrogen and oxygen atoms in total. The average molecular weight is 961 g/mol. The molecule has 1 saturated carbocycles. The van der Waals surface area contributed by atoms with Crippen molar-refractivity contribution in [3.63, 3.8) is 0 Å². The summed E-state index contributed by atoms with van der Waals surface area (Å²) < 4.78 is 14.9. The van der Waals surface area contributed by atoms with Crippen molar-refractivity contribution in [2.75, 3.05) is 43.6 Å². The van der Waals surface area contributed by atoms with Gasteiger partial charge in [0.05, 0.1) is 50.9 Å². The van der Waals surface area contributed by atoms with Crippen LogP contribution in [-0.4, -0.2) is 114 Å². The Hall–Kier alpha value is -7.28. The molecule has 69 heavy (non-hydrogen) atoms. The summed E-state index contributed by atoms with van der Waals surface area (Å²) in [5, 5.41) is 29.5. The SMILES string of the molecule is CC[C@@H]1c2c(C#N)ncn2-c2cnc(Cc3ccc(C(=O)NCc4cn(CCNCCOCC(=O)Nc5cccc6c5CN(C5CCC(=O)NC5=O)C6=O)nn4)cc3OC)nc2N1C1CCCC1.Cl. The van der Waals surface area contributed by atoms with E-state index >= 15 is 0 Å². The minimum atomic E-state index is -0.747. The van der Waals surface area contributed by atoms with Crippen molar-refractivity contribution in [3.8, 4) is 17.5 Å².